The van der Waals surface area contributed by atoms with Gasteiger partial charge >= 0.3 is 6.03 Å². The maximum atomic E-state index is 13.7. The van der Waals surface area contributed by atoms with Crippen molar-refractivity contribution in [1.82, 2.24) is 20.0 Å². The van der Waals surface area contributed by atoms with Crippen molar-refractivity contribution in [1.29, 1.82) is 0 Å². The van der Waals surface area contributed by atoms with E-state index in [0.29, 0.717) is 19.0 Å². The van der Waals surface area contributed by atoms with Crippen LogP contribution in [0.1, 0.15) is 61.6 Å². The van der Waals surface area contributed by atoms with Gasteiger partial charge in [0.25, 0.3) is 0 Å². The molecule has 0 aromatic heterocycles. The van der Waals surface area contributed by atoms with Crippen molar-refractivity contribution in [3.8, 4) is 0 Å². The lowest BCUT2D eigenvalue weighted by Gasteiger charge is -2.51. The van der Waals surface area contributed by atoms with E-state index in [1.54, 1.807) is 0 Å². The number of hydrogen-bond donors (Lipinski definition) is 1. The second-order valence-electron chi connectivity index (χ2n) is 11.8. The summed E-state index contributed by atoms with van der Waals surface area (Å²) in [6.45, 7) is 4.16. The van der Waals surface area contributed by atoms with Gasteiger partial charge < -0.3 is 15.1 Å². The van der Waals surface area contributed by atoms with E-state index in [-0.39, 0.29) is 29.6 Å². The Morgan fingerprint density at radius 1 is 1.00 bits per heavy atom. The third-order valence-electron chi connectivity index (χ3n) is 9.47. The summed E-state index contributed by atoms with van der Waals surface area (Å²) in [4.78, 5) is 33.1. The molecule has 0 atom stereocenters. The molecule has 198 valence electrons. The zero-order valence-corrected chi connectivity index (χ0v) is 22.7. The number of rotatable bonds is 8. The molecule has 2 aliphatic carbocycles. The van der Waals surface area contributed by atoms with E-state index >= 15 is 0 Å². The molecule has 0 bridgehead atoms. The van der Waals surface area contributed by atoms with Gasteiger partial charge in [-0.25, -0.2) is 4.79 Å². The van der Waals surface area contributed by atoms with E-state index in [9.17, 15) is 9.59 Å². The van der Waals surface area contributed by atoms with Gasteiger partial charge in [-0.2, -0.15) is 0 Å². The molecular weight excluding hydrogens is 460 g/mol. The van der Waals surface area contributed by atoms with Crippen molar-refractivity contribution in [3.05, 3.63) is 71.3 Å². The van der Waals surface area contributed by atoms with Crippen LogP contribution in [0.15, 0.2) is 54.6 Å². The van der Waals surface area contributed by atoms with Gasteiger partial charge in [0.05, 0.1) is 5.54 Å². The largest absolute Gasteiger partial charge is 0.350 e. The minimum atomic E-state index is -0.183. The fourth-order valence-electron chi connectivity index (χ4n) is 6.74. The lowest BCUT2D eigenvalue weighted by atomic mass is 9.68. The minimum absolute atomic E-state index is 0.0178. The Morgan fingerprint density at radius 3 is 2.30 bits per heavy atom. The van der Waals surface area contributed by atoms with Crippen LogP contribution in [0.25, 0.3) is 0 Å². The molecule has 0 unspecified atom stereocenters. The predicted molar refractivity (Wildman–Crippen MR) is 147 cm³/mol. The fourth-order valence-corrected chi connectivity index (χ4v) is 6.74. The Balaban J connectivity index is 1.30. The van der Waals surface area contributed by atoms with E-state index in [2.05, 4.69) is 72.5 Å². The zero-order valence-electron chi connectivity index (χ0n) is 22.7. The van der Waals surface area contributed by atoms with Crippen LogP contribution in [0, 0.1) is 12.8 Å². The Kier molecular flexibility index (Phi) is 7.30. The molecule has 2 aromatic rings. The molecule has 1 aliphatic heterocycles. The number of carbonyl (C=O) groups is 2. The number of nitrogens with zero attached hydrogens (tertiary/aromatic N) is 3. The van der Waals surface area contributed by atoms with Crippen LogP contribution in [0.2, 0.25) is 0 Å². The summed E-state index contributed by atoms with van der Waals surface area (Å²) < 4.78 is 0. The zero-order chi connectivity index (χ0) is 26.0. The molecule has 3 fully saturated rings. The third kappa shape index (κ3) is 5.00. The van der Waals surface area contributed by atoms with Crippen LogP contribution in [0.5, 0.6) is 0 Å². The molecule has 2 saturated carbocycles. The molecule has 3 amide bonds. The number of nitrogens with one attached hydrogen (secondary N) is 1. The summed E-state index contributed by atoms with van der Waals surface area (Å²) in [7, 11) is 4.37. The highest BCUT2D eigenvalue weighted by atomic mass is 16.2. The molecule has 0 radical (unpaired) electrons. The summed E-state index contributed by atoms with van der Waals surface area (Å²) in [5.41, 5.74) is 3.43. The highest BCUT2D eigenvalue weighted by molar-refractivity contribution is 5.86. The molecule has 6 heteroatoms. The van der Waals surface area contributed by atoms with Gasteiger partial charge in [0.15, 0.2) is 0 Å². The Bertz CT molecular complexity index is 1100. The fraction of sp³-hybridized carbons (Fsp3) is 0.548. The summed E-state index contributed by atoms with van der Waals surface area (Å²) in [5.74, 6) is 0.519. The first kappa shape index (κ1) is 25.8. The van der Waals surface area contributed by atoms with Gasteiger partial charge in [0.2, 0.25) is 5.91 Å². The lowest BCUT2D eigenvalue weighted by Crippen LogP contribution is -2.56. The maximum Gasteiger partial charge on any atom is 0.321 e. The van der Waals surface area contributed by atoms with Crippen LogP contribution in [0.3, 0.4) is 0 Å². The van der Waals surface area contributed by atoms with Gasteiger partial charge in [0, 0.05) is 25.2 Å². The quantitative estimate of drug-likeness (QED) is 0.558. The van der Waals surface area contributed by atoms with Gasteiger partial charge in [0.1, 0.15) is 6.54 Å². The number of urea groups is 1. The molecule has 1 N–H and O–H groups in total. The number of hydrogen-bond acceptors (Lipinski definition) is 3. The van der Waals surface area contributed by atoms with Gasteiger partial charge in [-0.3, -0.25) is 9.69 Å². The molecule has 1 heterocycles. The molecule has 3 aliphatic rings. The van der Waals surface area contributed by atoms with Crippen LogP contribution < -0.4 is 5.32 Å². The summed E-state index contributed by atoms with van der Waals surface area (Å²) in [5, 5.41) is 3.05. The highest BCUT2D eigenvalue weighted by Crippen LogP contribution is 2.49. The molecule has 1 saturated heterocycles. The normalized spacial score (nSPS) is 26.1. The smallest absolute Gasteiger partial charge is 0.321 e. The Hall–Kier alpha value is -2.86. The van der Waals surface area contributed by atoms with E-state index < -0.39 is 0 Å². The van der Waals surface area contributed by atoms with Crippen molar-refractivity contribution in [2.24, 2.45) is 5.92 Å². The first-order valence-corrected chi connectivity index (χ1v) is 13.9. The molecule has 1 spiro atoms. The van der Waals surface area contributed by atoms with Crippen molar-refractivity contribution >= 4 is 11.9 Å². The average molecular weight is 503 g/mol. The lowest BCUT2D eigenvalue weighted by molar-refractivity contribution is -0.121. The number of amides is 3. The molecule has 37 heavy (non-hydrogen) atoms. The standard InChI is InChI=1S/C31H42N4O2/c1-24-10-7-8-13-26(24)20-32-28(36)22-34-23-30(35(29(34)37)21-25-11-9-12-25)16-18-31(19-17-30,33(2)3)27-14-5-4-6-15-27/h4-8,10,13-15,25H,9,11-12,16-23H2,1-3H3,(H,32,36)/t30-,31-. The second-order valence-corrected chi connectivity index (χ2v) is 11.8. The number of aryl methyl sites for hydroxylation is 1. The molecular formula is C31H42N4O2. The molecule has 6 nitrogen and oxygen atoms in total. The van der Waals surface area contributed by atoms with Gasteiger partial charge in [-0.05, 0) is 82.2 Å². The average Bonchev–Trinajstić information content (AvgIpc) is 3.11. The van der Waals surface area contributed by atoms with Crippen LogP contribution >= 0.6 is 0 Å². The van der Waals surface area contributed by atoms with E-state index in [4.69, 9.17) is 0 Å². The Labute approximate surface area is 222 Å². The van der Waals surface area contributed by atoms with Crippen LogP contribution in [-0.4, -0.2) is 65.9 Å². The monoisotopic (exact) mass is 502 g/mol. The second kappa shape index (κ2) is 10.5. The number of benzene rings is 2. The van der Waals surface area contributed by atoms with Crippen LogP contribution in [-0.2, 0) is 16.9 Å². The van der Waals surface area contributed by atoms with Crippen molar-refractivity contribution in [2.75, 3.05) is 33.7 Å². The third-order valence-corrected chi connectivity index (χ3v) is 9.47. The molecule has 5 rings (SSSR count). The topological polar surface area (TPSA) is 55.9 Å². The number of carbonyl (C=O) groups excluding carboxylic acids is 2. The predicted octanol–water partition coefficient (Wildman–Crippen LogP) is 4.92. The summed E-state index contributed by atoms with van der Waals surface area (Å²) >= 11 is 0. The first-order chi connectivity index (χ1) is 17.8. The van der Waals surface area contributed by atoms with Crippen molar-refractivity contribution < 1.29 is 9.59 Å². The van der Waals surface area contributed by atoms with Gasteiger partial charge in [-0.15, -0.1) is 0 Å². The van der Waals surface area contributed by atoms with Crippen molar-refractivity contribution in [3.63, 3.8) is 0 Å². The van der Waals surface area contributed by atoms with E-state index in [0.717, 1.165) is 43.4 Å². The van der Waals surface area contributed by atoms with Gasteiger partial charge in [-0.1, -0.05) is 61.0 Å². The summed E-state index contributed by atoms with van der Waals surface area (Å²) in [6.07, 6.45) is 7.62. The Morgan fingerprint density at radius 2 is 1.68 bits per heavy atom. The maximum absolute atomic E-state index is 13.7. The molecule has 2 aromatic carbocycles. The SMILES string of the molecule is Cc1ccccc1CNC(=O)CN1C[C@]2(CC[C@@](c3ccccc3)(N(C)C)CC2)N(CC2CCC2)C1=O. The van der Waals surface area contributed by atoms with E-state index in [1.807, 2.05) is 23.1 Å². The summed E-state index contributed by atoms with van der Waals surface area (Å²) in [6, 6.07) is 19.0. The van der Waals surface area contributed by atoms with E-state index in [1.165, 1.54) is 24.8 Å². The minimum Gasteiger partial charge on any atom is -0.350 e. The first-order valence-electron chi connectivity index (χ1n) is 13.9. The van der Waals surface area contributed by atoms with Crippen LogP contribution in [0.4, 0.5) is 4.79 Å². The van der Waals surface area contributed by atoms with Crippen molar-refractivity contribution in [2.45, 2.75) is 69.5 Å². The highest BCUT2D eigenvalue weighted by Gasteiger charge is 2.55.